The van der Waals surface area contributed by atoms with Gasteiger partial charge in [0.05, 0.1) is 24.9 Å². The van der Waals surface area contributed by atoms with Crippen molar-refractivity contribution in [2.24, 2.45) is 0 Å². The first-order valence-corrected chi connectivity index (χ1v) is 10.2. The maximum atomic E-state index is 11.0. The number of aromatic nitrogens is 1. The lowest BCUT2D eigenvalue weighted by atomic mass is 10.1. The molecule has 0 bridgehead atoms. The number of hydrogen-bond donors (Lipinski definition) is 2. The monoisotopic (exact) mass is 434 g/mol. The molecule has 7 nitrogen and oxygen atoms in total. The molecule has 0 unspecified atom stereocenters. The molecule has 166 valence electrons. The van der Waals surface area contributed by atoms with E-state index >= 15 is 0 Å². The van der Waals surface area contributed by atoms with Gasteiger partial charge in [0, 0.05) is 17.3 Å². The summed E-state index contributed by atoms with van der Waals surface area (Å²) in [4.78, 5) is 20.9. The van der Waals surface area contributed by atoms with Crippen molar-refractivity contribution in [3.8, 4) is 22.8 Å². The van der Waals surface area contributed by atoms with Crippen LogP contribution < -0.4 is 15.0 Å². The molecule has 0 spiro atoms. The molecule has 0 saturated carbocycles. The minimum Gasteiger partial charge on any atom is -0.493 e. The van der Waals surface area contributed by atoms with Crippen molar-refractivity contribution in [2.75, 3.05) is 20.3 Å². The summed E-state index contributed by atoms with van der Waals surface area (Å²) in [6, 6.07) is 19.0. The summed E-state index contributed by atoms with van der Waals surface area (Å²) in [6.07, 6.45) is 3.56. The zero-order valence-electron chi connectivity index (χ0n) is 18.1. The minimum absolute atomic E-state index is 0.137. The van der Waals surface area contributed by atoms with Crippen molar-refractivity contribution < 1.29 is 24.2 Å². The van der Waals surface area contributed by atoms with Crippen LogP contribution in [0.3, 0.4) is 0 Å². The summed E-state index contributed by atoms with van der Waals surface area (Å²) in [6.45, 7) is 2.46. The molecule has 32 heavy (non-hydrogen) atoms. The molecule has 0 amide bonds. The number of nitrogens with one attached hydrogen (secondary N) is 1. The van der Waals surface area contributed by atoms with Crippen LogP contribution >= 0.6 is 0 Å². The van der Waals surface area contributed by atoms with Crippen LogP contribution in [0.1, 0.15) is 18.1 Å². The van der Waals surface area contributed by atoms with Crippen LogP contribution in [0.5, 0.6) is 11.5 Å². The number of nitrogens with zero attached hydrogens (tertiary/aromatic N) is 1. The van der Waals surface area contributed by atoms with Crippen LogP contribution in [0.2, 0.25) is 0 Å². The average molecular weight is 434 g/mol. The molecule has 0 saturated heterocycles. The number of hydrogen-bond acceptors (Lipinski definition) is 6. The fourth-order valence-corrected chi connectivity index (χ4v) is 3.17. The molecule has 1 heterocycles. The molecule has 2 aromatic carbocycles. The standard InChI is InChI=1S/C25H26N2O5/c1-3-21(18-10-12-19(13-11-18)22-8-4-5-14-26-22)27-32-16-15-31-23-9-6-7-20(17-24(28)29)25(23)30-2/h3-14,27H,15-17H2,1-2H3,(H,28,29). The summed E-state index contributed by atoms with van der Waals surface area (Å²) in [7, 11) is 1.49. The molecular weight excluding hydrogens is 408 g/mol. The zero-order valence-corrected chi connectivity index (χ0v) is 18.1. The molecule has 0 aliphatic rings. The first-order chi connectivity index (χ1) is 15.6. The third-order valence-electron chi connectivity index (χ3n) is 4.68. The highest BCUT2D eigenvalue weighted by atomic mass is 16.7. The van der Waals surface area contributed by atoms with Crippen molar-refractivity contribution in [3.05, 3.63) is 84.1 Å². The SMILES string of the molecule is CC=C(NOCCOc1cccc(CC(=O)O)c1OC)c1ccc(-c2ccccn2)cc1. The van der Waals surface area contributed by atoms with Crippen LogP contribution in [-0.4, -0.2) is 36.4 Å². The number of para-hydroxylation sites is 1. The van der Waals surface area contributed by atoms with Crippen molar-refractivity contribution in [2.45, 2.75) is 13.3 Å². The number of pyridine rings is 1. The van der Waals surface area contributed by atoms with Crippen LogP contribution in [-0.2, 0) is 16.1 Å². The van der Waals surface area contributed by atoms with Crippen molar-refractivity contribution in [1.82, 2.24) is 10.5 Å². The topological polar surface area (TPSA) is 89.9 Å². The Balaban J connectivity index is 1.51. The van der Waals surface area contributed by atoms with E-state index in [4.69, 9.17) is 19.4 Å². The molecule has 7 heteroatoms. The number of allylic oxidation sites excluding steroid dienone is 1. The van der Waals surface area contributed by atoms with E-state index in [0.29, 0.717) is 17.1 Å². The first-order valence-electron chi connectivity index (χ1n) is 10.2. The van der Waals surface area contributed by atoms with Gasteiger partial charge in [0.15, 0.2) is 11.5 Å². The molecule has 0 aliphatic heterocycles. The smallest absolute Gasteiger partial charge is 0.307 e. The summed E-state index contributed by atoms with van der Waals surface area (Å²) in [5.41, 5.74) is 7.29. The minimum atomic E-state index is -0.931. The van der Waals surface area contributed by atoms with Crippen molar-refractivity contribution in [3.63, 3.8) is 0 Å². The van der Waals surface area contributed by atoms with E-state index in [-0.39, 0.29) is 19.6 Å². The second kappa shape index (κ2) is 11.5. The van der Waals surface area contributed by atoms with Gasteiger partial charge >= 0.3 is 5.97 Å². The number of carboxylic acid groups (broad SMARTS) is 1. The van der Waals surface area contributed by atoms with E-state index in [9.17, 15) is 4.79 Å². The predicted octanol–water partition coefficient (Wildman–Crippen LogP) is 4.35. The van der Waals surface area contributed by atoms with Gasteiger partial charge in [-0.3, -0.25) is 20.1 Å². The highest BCUT2D eigenvalue weighted by Gasteiger charge is 2.13. The van der Waals surface area contributed by atoms with Gasteiger partial charge in [0.25, 0.3) is 0 Å². The Hall–Kier alpha value is -3.84. The number of aliphatic carboxylic acids is 1. The summed E-state index contributed by atoms with van der Waals surface area (Å²) in [5, 5.41) is 9.03. The number of methoxy groups -OCH3 is 1. The average Bonchev–Trinajstić information content (AvgIpc) is 2.82. The highest BCUT2D eigenvalue weighted by molar-refractivity contribution is 5.72. The Bertz CT molecular complexity index is 1050. The summed E-state index contributed by atoms with van der Waals surface area (Å²) >= 11 is 0. The molecule has 3 rings (SSSR count). The van der Waals surface area contributed by atoms with Crippen LogP contribution in [0.25, 0.3) is 17.0 Å². The van der Waals surface area contributed by atoms with Gasteiger partial charge in [-0.05, 0) is 30.7 Å². The number of rotatable bonds is 11. The van der Waals surface area contributed by atoms with Crippen molar-refractivity contribution in [1.29, 1.82) is 0 Å². The molecule has 2 N–H and O–H groups in total. The second-order valence-electron chi connectivity index (χ2n) is 6.81. The lowest BCUT2D eigenvalue weighted by molar-refractivity contribution is -0.136. The quantitative estimate of drug-likeness (QED) is 0.343. The first kappa shape index (κ1) is 22.8. The molecule has 0 radical (unpaired) electrons. The van der Waals surface area contributed by atoms with Gasteiger partial charge in [0.1, 0.15) is 13.2 Å². The fourth-order valence-electron chi connectivity index (χ4n) is 3.17. The van der Waals surface area contributed by atoms with E-state index in [1.54, 1.807) is 24.4 Å². The van der Waals surface area contributed by atoms with E-state index in [1.165, 1.54) is 7.11 Å². The van der Waals surface area contributed by atoms with Gasteiger partial charge < -0.3 is 14.6 Å². The predicted molar refractivity (Wildman–Crippen MR) is 122 cm³/mol. The lowest BCUT2D eigenvalue weighted by Crippen LogP contribution is -2.18. The number of benzene rings is 2. The second-order valence-corrected chi connectivity index (χ2v) is 6.81. The van der Waals surface area contributed by atoms with E-state index < -0.39 is 5.97 Å². The maximum Gasteiger partial charge on any atom is 0.307 e. The van der Waals surface area contributed by atoms with E-state index in [0.717, 1.165) is 22.5 Å². The molecular formula is C25H26N2O5. The van der Waals surface area contributed by atoms with Crippen LogP contribution in [0.4, 0.5) is 0 Å². The third kappa shape index (κ3) is 6.09. The maximum absolute atomic E-state index is 11.0. The largest absolute Gasteiger partial charge is 0.493 e. The Morgan fingerprint density at radius 2 is 1.88 bits per heavy atom. The zero-order chi connectivity index (χ0) is 22.8. The Labute approximate surface area is 187 Å². The van der Waals surface area contributed by atoms with E-state index in [1.807, 2.05) is 55.5 Å². The normalized spacial score (nSPS) is 11.1. The third-order valence-corrected chi connectivity index (χ3v) is 4.68. The molecule has 3 aromatic rings. The Kier molecular flexibility index (Phi) is 8.22. The van der Waals surface area contributed by atoms with Crippen LogP contribution in [0, 0.1) is 0 Å². The van der Waals surface area contributed by atoms with Gasteiger partial charge in [-0.25, -0.2) is 0 Å². The molecule has 1 aromatic heterocycles. The molecule has 0 atom stereocenters. The number of carboxylic acids is 1. The van der Waals surface area contributed by atoms with Crippen molar-refractivity contribution >= 4 is 11.7 Å². The number of carbonyl (C=O) groups is 1. The Morgan fingerprint density at radius 1 is 1.06 bits per heavy atom. The van der Waals surface area contributed by atoms with Crippen LogP contribution in [0.15, 0.2) is 72.9 Å². The lowest BCUT2D eigenvalue weighted by Gasteiger charge is -2.15. The summed E-state index contributed by atoms with van der Waals surface area (Å²) in [5.74, 6) is -0.0313. The molecule has 0 fully saturated rings. The van der Waals surface area contributed by atoms with Gasteiger partial charge in [-0.2, -0.15) is 0 Å². The number of ether oxygens (including phenoxy) is 2. The fraction of sp³-hybridized carbons (Fsp3) is 0.200. The number of hydroxylamine groups is 1. The summed E-state index contributed by atoms with van der Waals surface area (Å²) < 4.78 is 11.1. The van der Waals surface area contributed by atoms with E-state index in [2.05, 4.69) is 10.5 Å². The van der Waals surface area contributed by atoms with Gasteiger partial charge in [0.2, 0.25) is 0 Å². The highest BCUT2D eigenvalue weighted by Crippen LogP contribution is 2.31. The molecule has 0 aliphatic carbocycles. The Morgan fingerprint density at radius 3 is 2.53 bits per heavy atom. The van der Waals surface area contributed by atoms with Gasteiger partial charge in [-0.15, -0.1) is 0 Å². The van der Waals surface area contributed by atoms with Gasteiger partial charge in [-0.1, -0.05) is 48.5 Å².